The summed E-state index contributed by atoms with van der Waals surface area (Å²) in [7, 11) is 1.57. The summed E-state index contributed by atoms with van der Waals surface area (Å²) in [4.78, 5) is 36.9. The summed E-state index contributed by atoms with van der Waals surface area (Å²) in [6.45, 7) is 0.885. The van der Waals surface area contributed by atoms with Gasteiger partial charge in [0.25, 0.3) is 0 Å². The molecule has 0 bridgehead atoms. The Hall–Kier alpha value is -2.37. The number of hydrogen-bond donors (Lipinski definition) is 1. The number of methoxy groups -OCH3 is 1. The molecule has 1 fully saturated rings. The van der Waals surface area contributed by atoms with E-state index >= 15 is 0 Å². The molecule has 24 heavy (non-hydrogen) atoms. The van der Waals surface area contributed by atoms with Gasteiger partial charge in [0.05, 0.1) is 13.0 Å². The molecule has 1 heterocycles. The molecule has 1 aromatic carbocycles. The third-order valence-electron chi connectivity index (χ3n) is 4.33. The van der Waals surface area contributed by atoms with E-state index in [0.717, 1.165) is 0 Å². The van der Waals surface area contributed by atoms with Crippen LogP contribution in [-0.2, 0) is 9.59 Å². The first kappa shape index (κ1) is 18.0. The summed E-state index contributed by atoms with van der Waals surface area (Å²) in [5.41, 5.74) is 0.604. The van der Waals surface area contributed by atoms with Crippen LogP contribution in [0.3, 0.4) is 0 Å². The van der Waals surface area contributed by atoms with Crippen molar-refractivity contribution < 1.29 is 24.2 Å². The predicted octanol–water partition coefficient (Wildman–Crippen LogP) is 2.37. The molecular weight excluding hydrogens is 310 g/mol. The van der Waals surface area contributed by atoms with Gasteiger partial charge in [-0.1, -0.05) is 0 Å². The van der Waals surface area contributed by atoms with Crippen molar-refractivity contribution in [1.29, 1.82) is 0 Å². The zero-order valence-corrected chi connectivity index (χ0v) is 13.9. The van der Waals surface area contributed by atoms with Gasteiger partial charge >= 0.3 is 5.97 Å². The topological polar surface area (TPSA) is 83.9 Å². The highest BCUT2D eigenvalue weighted by atomic mass is 16.5. The number of rotatable bonds is 7. The number of aliphatic carboxylic acids is 1. The molecule has 1 aromatic rings. The van der Waals surface area contributed by atoms with Gasteiger partial charge in [-0.3, -0.25) is 14.4 Å². The number of hydrogen-bond acceptors (Lipinski definition) is 4. The molecule has 130 valence electrons. The van der Waals surface area contributed by atoms with E-state index in [4.69, 9.17) is 9.84 Å². The van der Waals surface area contributed by atoms with E-state index in [1.54, 1.807) is 36.3 Å². The number of piperidine rings is 1. The van der Waals surface area contributed by atoms with Crippen molar-refractivity contribution in [1.82, 2.24) is 4.90 Å². The zero-order chi connectivity index (χ0) is 17.5. The number of Topliss-reactive ketones (excluding diaryl/α,β-unsaturated/α-hetero) is 1. The number of likely N-dealkylation sites (tertiary alicyclic amines) is 1. The maximum absolute atomic E-state index is 12.2. The van der Waals surface area contributed by atoms with E-state index in [9.17, 15) is 14.4 Å². The molecular formula is C18H23NO5. The van der Waals surface area contributed by atoms with Gasteiger partial charge in [0.2, 0.25) is 5.91 Å². The molecule has 1 unspecified atom stereocenters. The number of ether oxygens (including phenoxy) is 1. The van der Waals surface area contributed by atoms with Gasteiger partial charge in [0, 0.05) is 31.5 Å². The molecule has 2 rings (SSSR count). The van der Waals surface area contributed by atoms with E-state index in [1.807, 2.05) is 0 Å². The van der Waals surface area contributed by atoms with E-state index in [1.165, 1.54) is 0 Å². The second-order valence-corrected chi connectivity index (χ2v) is 6.02. The SMILES string of the molecule is COc1ccc(C(=O)CCCC(=O)N2CCCC(C(=O)O)C2)cc1. The van der Waals surface area contributed by atoms with Crippen LogP contribution in [0.2, 0.25) is 0 Å². The molecule has 6 nitrogen and oxygen atoms in total. The maximum Gasteiger partial charge on any atom is 0.308 e. The highest BCUT2D eigenvalue weighted by Gasteiger charge is 2.27. The van der Waals surface area contributed by atoms with Crippen LogP contribution in [0.25, 0.3) is 0 Å². The average molecular weight is 333 g/mol. The number of carboxylic acids is 1. The van der Waals surface area contributed by atoms with Crippen molar-refractivity contribution in [2.24, 2.45) is 5.92 Å². The quantitative estimate of drug-likeness (QED) is 0.775. The van der Waals surface area contributed by atoms with Crippen molar-refractivity contribution >= 4 is 17.7 Å². The van der Waals surface area contributed by atoms with Crippen molar-refractivity contribution in [3.63, 3.8) is 0 Å². The number of ketones is 1. The molecule has 1 saturated heterocycles. The number of carbonyl (C=O) groups excluding carboxylic acids is 2. The van der Waals surface area contributed by atoms with Crippen LogP contribution in [0.15, 0.2) is 24.3 Å². The normalized spacial score (nSPS) is 17.4. The fourth-order valence-electron chi connectivity index (χ4n) is 2.88. The third-order valence-corrected chi connectivity index (χ3v) is 4.33. The minimum Gasteiger partial charge on any atom is -0.497 e. The Morgan fingerprint density at radius 2 is 1.92 bits per heavy atom. The molecule has 0 spiro atoms. The van der Waals surface area contributed by atoms with E-state index < -0.39 is 11.9 Å². The standard InChI is InChI=1S/C18H23NO5/c1-24-15-9-7-13(8-10-15)16(20)5-2-6-17(21)19-11-3-4-14(12-19)18(22)23/h7-10,14H,2-6,11-12H2,1H3,(H,22,23). The smallest absolute Gasteiger partial charge is 0.308 e. The van der Waals surface area contributed by atoms with Crippen LogP contribution in [-0.4, -0.2) is 47.9 Å². The summed E-state index contributed by atoms with van der Waals surface area (Å²) in [5, 5.41) is 9.06. The minimum absolute atomic E-state index is 0.00694. The van der Waals surface area contributed by atoms with Crippen LogP contribution in [0.1, 0.15) is 42.5 Å². The van der Waals surface area contributed by atoms with Crippen LogP contribution in [0, 0.1) is 5.92 Å². The van der Waals surface area contributed by atoms with E-state index in [-0.39, 0.29) is 24.7 Å². The monoisotopic (exact) mass is 333 g/mol. The molecule has 1 aliphatic heterocycles. The van der Waals surface area contributed by atoms with Crippen molar-refractivity contribution in [2.75, 3.05) is 20.2 Å². The van der Waals surface area contributed by atoms with Gasteiger partial charge in [0.15, 0.2) is 5.78 Å². The van der Waals surface area contributed by atoms with Crippen LogP contribution < -0.4 is 4.74 Å². The van der Waals surface area contributed by atoms with Gasteiger partial charge in [-0.15, -0.1) is 0 Å². The zero-order valence-electron chi connectivity index (χ0n) is 13.9. The Balaban J connectivity index is 1.77. The van der Waals surface area contributed by atoms with Crippen molar-refractivity contribution in [3.8, 4) is 5.75 Å². The summed E-state index contributed by atoms with van der Waals surface area (Å²) >= 11 is 0. The third kappa shape index (κ3) is 4.81. The van der Waals surface area contributed by atoms with Gasteiger partial charge in [-0.05, 0) is 43.5 Å². The number of carbonyl (C=O) groups is 3. The first-order chi connectivity index (χ1) is 11.5. The Labute approximate surface area is 141 Å². The Kier molecular flexibility index (Phi) is 6.35. The summed E-state index contributed by atoms with van der Waals surface area (Å²) in [6.07, 6.45) is 2.38. The van der Waals surface area contributed by atoms with Crippen LogP contribution in [0.5, 0.6) is 5.75 Å². The maximum atomic E-state index is 12.2. The Bertz CT molecular complexity index is 596. The number of nitrogens with zero attached hydrogens (tertiary/aromatic N) is 1. The summed E-state index contributed by atoms with van der Waals surface area (Å²) < 4.78 is 5.05. The van der Waals surface area contributed by atoms with Gasteiger partial charge < -0.3 is 14.7 Å². The molecule has 1 aliphatic rings. The lowest BCUT2D eigenvalue weighted by Gasteiger charge is -2.30. The summed E-state index contributed by atoms with van der Waals surface area (Å²) in [5.74, 6) is -0.693. The van der Waals surface area contributed by atoms with Gasteiger partial charge in [0.1, 0.15) is 5.75 Å². The highest BCUT2D eigenvalue weighted by Crippen LogP contribution is 2.18. The van der Waals surface area contributed by atoms with Crippen LogP contribution in [0.4, 0.5) is 0 Å². The van der Waals surface area contributed by atoms with Crippen molar-refractivity contribution in [2.45, 2.75) is 32.1 Å². The lowest BCUT2D eigenvalue weighted by atomic mass is 9.97. The fraction of sp³-hybridized carbons (Fsp3) is 0.500. The van der Waals surface area contributed by atoms with E-state index in [2.05, 4.69) is 0 Å². The second kappa shape index (κ2) is 8.47. The number of carboxylic acid groups (broad SMARTS) is 1. The lowest BCUT2D eigenvalue weighted by molar-refractivity contribution is -0.145. The summed E-state index contributed by atoms with van der Waals surface area (Å²) in [6, 6.07) is 6.90. The van der Waals surface area contributed by atoms with Crippen LogP contribution >= 0.6 is 0 Å². The Morgan fingerprint density at radius 1 is 1.21 bits per heavy atom. The largest absolute Gasteiger partial charge is 0.497 e. The molecule has 0 saturated carbocycles. The molecule has 1 N–H and O–H groups in total. The molecule has 1 amide bonds. The van der Waals surface area contributed by atoms with Gasteiger partial charge in [-0.25, -0.2) is 0 Å². The fourth-order valence-corrected chi connectivity index (χ4v) is 2.88. The molecule has 1 atom stereocenters. The molecule has 6 heteroatoms. The average Bonchev–Trinajstić information content (AvgIpc) is 2.61. The molecule has 0 radical (unpaired) electrons. The first-order valence-corrected chi connectivity index (χ1v) is 8.19. The van der Waals surface area contributed by atoms with E-state index in [0.29, 0.717) is 43.5 Å². The molecule has 0 aliphatic carbocycles. The number of amides is 1. The number of benzene rings is 1. The first-order valence-electron chi connectivity index (χ1n) is 8.19. The highest BCUT2D eigenvalue weighted by molar-refractivity contribution is 5.96. The minimum atomic E-state index is -0.845. The second-order valence-electron chi connectivity index (χ2n) is 6.02. The predicted molar refractivity (Wildman–Crippen MR) is 88.1 cm³/mol. The Morgan fingerprint density at radius 3 is 2.54 bits per heavy atom. The van der Waals surface area contributed by atoms with Gasteiger partial charge in [-0.2, -0.15) is 0 Å². The lowest BCUT2D eigenvalue weighted by Crippen LogP contribution is -2.42. The molecule has 0 aromatic heterocycles. The van der Waals surface area contributed by atoms with Crippen molar-refractivity contribution in [3.05, 3.63) is 29.8 Å².